The summed E-state index contributed by atoms with van der Waals surface area (Å²) in [5.41, 5.74) is 0.868. The van der Waals surface area contributed by atoms with Crippen LogP contribution in [0.5, 0.6) is 11.5 Å². The average Bonchev–Trinajstić information content (AvgIpc) is 2.98. The van der Waals surface area contributed by atoms with Gasteiger partial charge in [-0.15, -0.1) is 0 Å². The van der Waals surface area contributed by atoms with E-state index in [1.54, 1.807) is 40.1 Å². The molecule has 0 radical (unpaired) electrons. The number of carbonyl (C=O) groups is 2. The third-order valence-electron chi connectivity index (χ3n) is 5.01. The molecule has 0 N–H and O–H groups in total. The Balaban J connectivity index is 1.44. The van der Waals surface area contributed by atoms with Crippen LogP contribution in [0.3, 0.4) is 0 Å². The Morgan fingerprint density at radius 3 is 1.87 bits per heavy atom. The maximum Gasteiger partial charge on any atom is 0.254 e. The summed E-state index contributed by atoms with van der Waals surface area (Å²) in [4.78, 5) is 29.1. The molecule has 2 aliphatic rings. The van der Waals surface area contributed by atoms with Crippen molar-refractivity contribution in [1.29, 1.82) is 0 Å². The fourth-order valence-corrected chi connectivity index (χ4v) is 4.30. The van der Waals surface area contributed by atoms with Gasteiger partial charge in [0, 0.05) is 53.8 Å². The lowest BCUT2D eigenvalue weighted by atomic mass is 10.1. The maximum absolute atomic E-state index is 13.0. The summed E-state index contributed by atoms with van der Waals surface area (Å²) >= 11 is 18.3. The molecular weight excluding hydrogens is 451 g/mol. The predicted octanol–water partition coefficient (Wildman–Crippen LogP) is 4.41. The van der Waals surface area contributed by atoms with Crippen molar-refractivity contribution in [2.45, 2.75) is 6.42 Å². The second-order valence-electron chi connectivity index (χ2n) is 7.08. The van der Waals surface area contributed by atoms with Crippen molar-refractivity contribution in [2.75, 3.05) is 39.4 Å². The highest BCUT2D eigenvalue weighted by Crippen LogP contribution is 2.38. The SMILES string of the molecule is O=C(c1cc(Cl)cc(Cl)c1)N1CCN(C(=O)c2cc(Cl)c3c(c2)OCCCO3)CC1. The third kappa shape index (κ3) is 4.46. The van der Waals surface area contributed by atoms with E-state index in [-0.39, 0.29) is 11.8 Å². The zero-order chi connectivity index (χ0) is 21.3. The van der Waals surface area contributed by atoms with E-state index in [0.29, 0.717) is 77.1 Å². The van der Waals surface area contributed by atoms with E-state index in [0.717, 1.165) is 6.42 Å². The topological polar surface area (TPSA) is 59.1 Å². The van der Waals surface area contributed by atoms with Crippen molar-refractivity contribution >= 4 is 46.6 Å². The number of ether oxygens (including phenoxy) is 2. The van der Waals surface area contributed by atoms with Crippen LogP contribution in [0.25, 0.3) is 0 Å². The Hall–Kier alpha value is -2.15. The molecule has 2 aromatic rings. The molecule has 30 heavy (non-hydrogen) atoms. The van der Waals surface area contributed by atoms with Gasteiger partial charge in [0.25, 0.3) is 11.8 Å². The molecule has 158 valence electrons. The van der Waals surface area contributed by atoms with Gasteiger partial charge in [0.1, 0.15) is 0 Å². The van der Waals surface area contributed by atoms with Crippen LogP contribution in [0, 0.1) is 0 Å². The Labute approximate surface area is 189 Å². The zero-order valence-corrected chi connectivity index (χ0v) is 18.3. The molecule has 0 atom stereocenters. The molecule has 2 heterocycles. The third-order valence-corrected chi connectivity index (χ3v) is 5.73. The predicted molar refractivity (Wildman–Crippen MR) is 115 cm³/mol. The van der Waals surface area contributed by atoms with Crippen LogP contribution in [0.1, 0.15) is 27.1 Å². The van der Waals surface area contributed by atoms with Crippen LogP contribution in [-0.4, -0.2) is 61.0 Å². The molecule has 0 bridgehead atoms. The first-order valence-electron chi connectivity index (χ1n) is 9.56. The molecule has 6 nitrogen and oxygen atoms in total. The van der Waals surface area contributed by atoms with Gasteiger partial charge in [0.05, 0.1) is 18.2 Å². The molecular formula is C21H19Cl3N2O4. The lowest BCUT2D eigenvalue weighted by molar-refractivity contribution is 0.0535. The van der Waals surface area contributed by atoms with Crippen LogP contribution in [0.2, 0.25) is 15.1 Å². The van der Waals surface area contributed by atoms with E-state index >= 15 is 0 Å². The van der Waals surface area contributed by atoms with Gasteiger partial charge in [-0.05, 0) is 30.3 Å². The van der Waals surface area contributed by atoms with Gasteiger partial charge in [-0.25, -0.2) is 0 Å². The molecule has 2 aromatic carbocycles. The first kappa shape index (κ1) is 21.1. The number of nitrogens with zero attached hydrogens (tertiary/aromatic N) is 2. The Morgan fingerprint density at radius 1 is 0.733 bits per heavy atom. The highest BCUT2D eigenvalue weighted by atomic mass is 35.5. The van der Waals surface area contributed by atoms with E-state index < -0.39 is 0 Å². The second-order valence-corrected chi connectivity index (χ2v) is 8.36. The van der Waals surface area contributed by atoms with E-state index in [4.69, 9.17) is 44.3 Å². The fourth-order valence-electron chi connectivity index (χ4n) is 3.51. The molecule has 0 aliphatic carbocycles. The summed E-state index contributed by atoms with van der Waals surface area (Å²) in [6.07, 6.45) is 0.752. The molecule has 1 fully saturated rings. The summed E-state index contributed by atoms with van der Waals surface area (Å²) in [7, 11) is 0. The van der Waals surface area contributed by atoms with Crippen LogP contribution in [0.4, 0.5) is 0 Å². The number of amides is 2. The minimum Gasteiger partial charge on any atom is -0.489 e. The number of carbonyl (C=O) groups excluding carboxylic acids is 2. The fraction of sp³-hybridized carbons (Fsp3) is 0.333. The highest BCUT2D eigenvalue weighted by molar-refractivity contribution is 6.35. The van der Waals surface area contributed by atoms with Gasteiger partial charge in [-0.1, -0.05) is 34.8 Å². The van der Waals surface area contributed by atoms with Gasteiger partial charge < -0.3 is 19.3 Å². The smallest absolute Gasteiger partial charge is 0.254 e. The molecule has 1 saturated heterocycles. The number of hydrogen-bond donors (Lipinski definition) is 0. The summed E-state index contributed by atoms with van der Waals surface area (Å²) in [6, 6.07) is 8.03. The average molecular weight is 470 g/mol. The lowest BCUT2D eigenvalue weighted by Gasteiger charge is -2.35. The van der Waals surface area contributed by atoms with Crippen molar-refractivity contribution in [2.24, 2.45) is 0 Å². The van der Waals surface area contributed by atoms with E-state index in [2.05, 4.69) is 0 Å². The van der Waals surface area contributed by atoms with Crippen LogP contribution in [0.15, 0.2) is 30.3 Å². The number of piperazine rings is 1. The second kappa shape index (κ2) is 8.92. The van der Waals surface area contributed by atoms with E-state index in [1.165, 1.54) is 0 Å². The monoisotopic (exact) mass is 468 g/mol. The van der Waals surface area contributed by atoms with Crippen LogP contribution >= 0.6 is 34.8 Å². The molecule has 0 spiro atoms. The zero-order valence-electron chi connectivity index (χ0n) is 16.0. The minimum atomic E-state index is -0.162. The number of fused-ring (bicyclic) bond motifs is 1. The normalized spacial score (nSPS) is 16.2. The summed E-state index contributed by atoms with van der Waals surface area (Å²) in [5, 5.41) is 1.17. The van der Waals surface area contributed by atoms with Crippen molar-refractivity contribution < 1.29 is 19.1 Å². The lowest BCUT2D eigenvalue weighted by Crippen LogP contribution is -2.50. The summed E-state index contributed by atoms with van der Waals surface area (Å²) in [5.74, 6) is 0.631. The van der Waals surface area contributed by atoms with Crippen molar-refractivity contribution in [3.05, 3.63) is 56.5 Å². The molecule has 2 aliphatic heterocycles. The van der Waals surface area contributed by atoms with Gasteiger partial charge in [0.15, 0.2) is 11.5 Å². The summed E-state index contributed by atoms with van der Waals surface area (Å²) in [6.45, 7) is 2.67. The van der Waals surface area contributed by atoms with Gasteiger partial charge in [-0.3, -0.25) is 9.59 Å². The highest BCUT2D eigenvalue weighted by Gasteiger charge is 2.27. The first-order chi connectivity index (χ1) is 14.4. The number of halogens is 3. The van der Waals surface area contributed by atoms with Crippen LogP contribution in [-0.2, 0) is 0 Å². The molecule has 0 saturated carbocycles. The molecule has 2 amide bonds. The Bertz CT molecular complexity index is 970. The van der Waals surface area contributed by atoms with Gasteiger partial charge in [0.2, 0.25) is 0 Å². The molecule has 9 heteroatoms. The maximum atomic E-state index is 13.0. The standard InChI is InChI=1S/C21H19Cl3N2O4/c22-15-8-13(9-16(23)12-15)20(27)25-2-4-26(5-3-25)21(28)14-10-17(24)19-18(11-14)29-6-1-7-30-19/h8-12H,1-7H2. The molecule has 0 unspecified atom stereocenters. The number of benzene rings is 2. The Morgan fingerprint density at radius 2 is 1.27 bits per heavy atom. The van der Waals surface area contributed by atoms with E-state index in [1.807, 2.05) is 0 Å². The number of hydrogen-bond acceptors (Lipinski definition) is 4. The van der Waals surface area contributed by atoms with Crippen LogP contribution < -0.4 is 9.47 Å². The molecule has 0 aromatic heterocycles. The minimum absolute atomic E-state index is 0.162. The summed E-state index contributed by atoms with van der Waals surface area (Å²) < 4.78 is 11.3. The van der Waals surface area contributed by atoms with Gasteiger partial charge >= 0.3 is 0 Å². The Kier molecular flexibility index (Phi) is 6.27. The first-order valence-corrected chi connectivity index (χ1v) is 10.7. The molecule has 4 rings (SSSR count). The van der Waals surface area contributed by atoms with Crippen molar-refractivity contribution in [3.63, 3.8) is 0 Å². The van der Waals surface area contributed by atoms with Crippen molar-refractivity contribution in [1.82, 2.24) is 9.80 Å². The number of rotatable bonds is 2. The van der Waals surface area contributed by atoms with Crippen molar-refractivity contribution in [3.8, 4) is 11.5 Å². The largest absolute Gasteiger partial charge is 0.489 e. The quantitative estimate of drug-likeness (QED) is 0.654. The van der Waals surface area contributed by atoms with E-state index in [9.17, 15) is 9.59 Å². The van der Waals surface area contributed by atoms with Gasteiger partial charge in [-0.2, -0.15) is 0 Å².